The number of carbonyl (C=O) groups excluding carboxylic acids is 1. The van der Waals surface area contributed by atoms with Crippen LogP contribution >= 0.6 is 11.6 Å². The van der Waals surface area contributed by atoms with E-state index in [1.165, 1.54) is 21.7 Å². The van der Waals surface area contributed by atoms with E-state index < -0.39 is 0 Å². The van der Waals surface area contributed by atoms with Crippen molar-refractivity contribution in [3.05, 3.63) is 58.6 Å². The number of para-hydroxylation sites is 1. The van der Waals surface area contributed by atoms with Crippen molar-refractivity contribution in [2.24, 2.45) is 0 Å². The van der Waals surface area contributed by atoms with Crippen molar-refractivity contribution in [3.8, 4) is 0 Å². The molecule has 0 radical (unpaired) electrons. The quantitative estimate of drug-likeness (QED) is 0.828. The zero-order chi connectivity index (χ0) is 19.4. The summed E-state index contributed by atoms with van der Waals surface area (Å²) in [7, 11) is 0. The summed E-state index contributed by atoms with van der Waals surface area (Å²) >= 11 is 6.16. The van der Waals surface area contributed by atoms with Gasteiger partial charge in [-0.15, -0.1) is 0 Å². The van der Waals surface area contributed by atoms with Gasteiger partial charge >= 0.3 is 0 Å². The molecule has 1 saturated heterocycles. The Morgan fingerprint density at radius 2 is 1.89 bits per heavy atom. The maximum absolute atomic E-state index is 12.5. The fourth-order valence-electron chi connectivity index (χ4n) is 3.70. The Labute approximate surface area is 167 Å². The summed E-state index contributed by atoms with van der Waals surface area (Å²) in [6, 6.07) is 14.1. The number of piperazine rings is 1. The first-order chi connectivity index (χ1) is 12.9. The molecule has 1 aliphatic rings. The van der Waals surface area contributed by atoms with E-state index in [4.69, 9.17) is 11.6 Å². The number of hydrogen-bond donors (Lipinski definition) is 2. The van der Waals surface area contributed by atoms with Gasteiger partial charge in [0.25, 0.3) is 5.91 Å². The maximum atomic E-state index is 12.5. The molecule has 0 saturated carbocycles. The number of carbonyl (C=O) groups is 1. The highest BCUT2D eigenvalue weighted by Crippen LogP contribution is 2.24. The predicted molar refractivity (Wildman–Crippen MR) is 113 cm³/mol. The van der Waals surface area contributed by atoms with E-state index in [1.54, 1.807) is 0 Å². The third-order valence-corrected chi connectivity index (χ3v) is 5.48. The van der Waals surface area contributed by atoms with Gasteiger partial charge in [0.15, 0.2) is 6.54 Å². The summed E-state index contributed by atoms with van der Waals surface area (Å²) in [6.07, 6.45) is 0. The van der Waals surface area contributed by atoms with Crippen LogP contribution < -0.4 is 15.1 Å². The van der Waals surface area contributed by atoms with Gasteiger partial charge in [-0.3, -0.25) is 4.79 Å². The zero-order valence-electron chi connectivity index (χ0n) is 16.4. The number of hydrogen-bond acceptors (Lipinski definition) is 2. The fraction of sp³-hybridized carbons (Fsp3) is 0.409. The van der Waals surface area contributed by atoms with Crippen molar-refractivity contribution in [2.75, 3.05) is 42.9 Å². The van der Waals surface area contributed by atoms with Crippen LogP contribution in [0.3, 0.4) is 0 Å². The molecule has 2 aromatic rings. The monoisotopic (exact) mass is 386 g/mol. The van der Waals surface area contributed by atoms with Gasteiger partial charge in [0, 0.05) is 16.4 Å². The minimum Gasteiger partial charge on any atom is -0.360 e. The van der Waals surface area contributed by atoms with Gasteiger partial charge in [-0.2, -0.15) is 0 Å². The summed E-state index contributed by atoms with van der Waals surface area (Å²) in [5.74, 6) is 0.476. The lowest BCUT2D eigenvalue weighted by molar-refractivity contribution is -0.892. The average Bonchev–Trinajstić information content (AvgIpc) is 2.64. The summed E-state index contributed by atoms with van der Waals surface area (Å²) in [6.45, 7) is 10.7. The largest absolute Gasteiger partial charge is 0.360 e. The Morgan fingerprint density at radius 3 is 2.59 bits per heavy atom. The van der Waals surface area contributed by atoms with Gasteiger partial charge in [0.05, 0.1) is 26.2 Å². The number of rotatable bonds is 5. The van der Waals surface area contributed by atoms with Crippen molar-refractivity contribution < 1.29 is 9.69 Å². The van der Waals surface area contributed by atoms with Gasteiger partial charge < -0.3 is 15.1 Å². The topological polar surface area (TPSA) is 36.8 Å². The molecule has 0 bridgehead atoms. The van der Waals surface area contributed by atoms with Gasteiger partial charge in [-0.25, -0.2) is 0 Å². The first-order valence-corrected chi connectivity index (χ1v) is 10.1. The molecule has 1 amide bonds. The molecule has 1 heterocycles. The van der Waals surface area contributed by atoms with Crippen LogP contribution in [0.5, 0.6) is 0 Å². The molecule has 0 atom stereocenters. The highest BCUT2D eigenvalue weighted by molar-refractivity contribution is 6.30. The number of halogens is 1. The van der Waals surface area contributed by atoms with Crippen LogP contribution in [0, 0.1) is 6.92 Å². The fourth-order valence-corrected chi connectivity index (χ4v) is 3.87. The summed E-state index contributed by atoms with van der Waals surface area (Å²) in [5.41, 5.74) is 4.56. The predicted octanol–water partition coefficient (Wildman–Crippen LogP) is 3.12. The van der Waals surface area contributed by atoms with Crippen molar-refractivity contribution in [1.82, 2.24) is 0 Å². The SMILES string of the molecule is Cc1ccc(Cl)cc1N1CC[NH+](CC(=O)Nc2ccccc2C(C)C)CC1. The standard InChI is InChI=1S/C22H28ClN3O/c1-16(2)19-6-4-5-7-20(19)24-22(27)15-25-10-12-26(13-11-25)21-14-18(23)9-8-17(21)3/h4-9,14,16H,10-13,15H2,1-3H3,(H,24,27)/p+1. The smallest absolute Gasteiger partial charge is 0.279 e. The lowest BCUT2D eigenvalue weighted by Crippen LogP contribution is -3.15. The van der Waals surface area contributed by atoms with Gasteiger partial charge in [-0.05, 0) is 42.2 Å². The van der Waals surface area contributed by atoms with Crippen LogP contribution in [0.4, 0.5) is 11.4 Å². The van der Waals surface area contributed by atoms with Crippen molar-refractivity contribution in [3.63, 3.8) is 0 Å². The number of amides is 1. The molecule has 0 spiro atoms. The van der Waals surface area contributed by atoms with Gasteiger partial charge in [0.2, 0.25) is 0 Å². The molecule has 1 fully saturated rings. The van der Waals surface area contributed by atoms with E-state index in [-0.39, 0.29) is 5.91 Å². The molecule has 144 valence electrons. The number of nitrogens with one attached hydrogen (secondary N) is 2. The molecule has 1 aliphatic heterocycles. The number of benzene rings is 2. The molecule has 3 rings (SSSR count). The number of anilines is 2. The molecule has 5 heteroatoms. The molecule has 2 N–H and O–H groups in total. The molecule has 0 aliphatic carbocycles. The lowest BCUT2D eigenvalue weighted by atomic mass is 10.0. The molecular weight excluding hydrogens is 358 g/mol. The van der Waals surface area contributed by atoms with E-state index in [0.717, 1.165) is 36.9 Å². The van der Waals surface area contributed by atoms with Gasteiger partial charge in [0.1, 0.15) is 0 Å². The zero-order valence-corrected chi connectivity index (χ0v) is 17.1. The van der Waals surface area contributed by atoms with Crippen LogP contribution in [0.25, 0.3) is 0 Å². The molecule has 4 nitrogen and oxygen atoms in total. The van der Waals surface area contributed by atoms with Gasteiger partial charge in [-0.1, -0.05) is 49.7 Å². The molecule has 0 unspecified atom stereocenters. The summed E-state index contributed by atoms with van der Waals surface area (Å²) in [5, 5.41) is 3.88. The number of nitrogens with zero attached hydrogens (tertiary/aromatic N) is 1. The maximum Gasteiger partial charge on any atom is 0.279 e. The van der Waals surface area contributed by atoms with Crippen molar-refractivity contribution >= 4 is 28.9 Å². The first-order valence-electron chi connectivity index (χ1n) is 9.67. The molecule has 27 heavy (non-hydrogen) atoms. The van der Waals surface area contributed by atoms with E-state index in [9.17, 15) is 4.79 Å². The van der Waals surface area contributed by atoms with Crippen LogP contribution in [-0.2, 0) is 4.79 Å². The molecule has 2 aromatic carbocycles. The second kappa shape index (κ2) is 8.77. The molecular formula is C22H29ClN3O+. The Kier molecular flexibility index (Phi) is 6.40. The van der Waals surface area contributed by atoms with Crippen LogP contribution in [0.1, 0.15) is 30.9 Å². The Morgan fingerprint density at radius 1 is 1.19 bits per heavy atom. The minimum absolute atomic E-state index is 0.0884. The van der Waals surface area contributed by atoms with Crippen molar-refractivity contribution in [1.29, 1.82) is 0 Å². The third-order valence-electron chi connectivity index (χ3n) is 5.25. The Balaban J connectivity index is 1.55. The highest BCUT2D eigenvalue weighted by Gasteiger charge is 2.23. The number of quaternary nitrogens is 1. The lowest BCUT2D eigenvalue weighted by Gasteiger charge is -2.34. The van der Waals surface area contributed by atoms with E-state index in [2.05, 4.69) is 43.1 Å². The van der Waals surface area contributed by atoms with Crippen LogP contribution in [0.15, 0.2) is 42.5 Å². The Hall–Kier alpha value is -2.04. The average molecular weight is 387 g/mol. The van der Waals surface area contributed by atoms with Crippen LogP contribution in [-0.4, -0.2) is 38.6 Å². The summed E-state index contributed by atoms with van der Waals surface area (Å²) in [4.78, 5) is 16.2. The van der Waals surface area contributed by atoms with Crippen LogP contribution in [0.2, 0.25) is 5.02 Å². The third kappa shape index (κ3) is 5.02. The van der Waals surface area contributed by atoms with E-state index in [1.807, 2.05) is 30.3 Å². The second-order valence-corrected chi connectivity index (χ2v) is 8.07. The second-order valence-electron chi connectivity index (χ2n) is 7.63. The van der Waals surface area contributed by atoms with E-state index >= 15 is 0 Å². The summed E-state index contributed by atoms with van der Waals surface area (Å²) < 4.78 is 0. The highest BCUT2D eigenvalue weighted by atomic mass is 35.5. The van der Waals surface area contributed by atoms with E-state index in [0.29, 0.717) is 12.5 Å². The number of aryl methyl sites for hydroxylation is 1. The Bertz CT molecular complexity index is 798. The minimum atomic E-state index is 0.0884. The normalized spacial score (nSPS) is 15.2. The first kappa shape index (κ1) is 19.7. The van der Waals surface area contributed by atoms with Crippen molar-refractivity contribution in [2.45, 2.75) is 26.7 Å². The molecule has 0 aromatic heterocycles.